The van der Waals surface area contributed by atoms with Crippen molar-refractivity contribution < 1.29 is 10.2 Å². The van der Waals surface area contributed by atoms with Crippen LogP contribution >= 0.6 is 0 Å². The van der Waals surface area contributed by atoms with Crippen LogP contribution in [0.5, 0.6) is 0 Å². The fourth-order valence-electron chi connectivity index (χ4n) is 2.68. The lowest BCUT2D eigenvalue weighted by Gasteiger charge is -2.39. The van der Waals surface area contributed by atoms with Crippen molar-refractivity contribution in [2.75, 3.05) is 32.7 Å². The Morgan fingerprint density at radius 1 is 1.00 bits per heavy atom. The fourth-order valence-corrected chi connectivity index (χ4v) is 2.68. The molecule has 0 aliphatic carbocycles. The summed E-state index contributed by atoms with van der Waals surface area (Å²) in [6.07, 6.45) is -0.714. The van der Waals surface area contributed by atoms with Gasteiger partial charge in [0.15, 0.2) is 0 Å². The lowest BCUT2D eigenvalue weighted by atomic mass is 10.1. The Kier molecular flexibility index (Phi) is 5.54. The molecule has 3 atom stereocenters. The molecule has 2 rings (SSSR count). The van der Waals surface area contributed by atoms with Crippen LogP contribution in [0.15, 0.2) is 30.3 Å². The highest BCUT2D eigenvalue weighted by molar-refractivity contribution is 5.17. The summed E-state index contributed by atoms with van der Waals surface area (Å²) in [5.74, 6) is 0. The quantitative estimate of drug-likeness (QED) is 0.847. The van der Waals surface area contributed by atoms with Crippen LogP contribution < -0.4 is 0 Å². The summed E-state index contributed by atoms with van der Waals surface area (Å²) in [5.41, 5.74) is 0.979. The molecular formula is C16H26N2O2. The smallest absolute Gasteiger partial charge is 0.0916 e. The van der Waals surface area contributed by atoms with Gasteiger partial charge < -0.3 is 10.2 Å². The second-order valence-corrected chi connectivity index (χ2v) is 5.74. The third-order valence-corrected chi connectivity index (χ3v) is 4.30. The molecule has 0 radical (unpaired) electrons. The SMILES string of the molecule is C[C@H](O)[C@@H](C)N1CCN(C[C@H](O)c2ccccc2)CC1. The molecular weight excluding hydrogens is 252 g/mol. The normalized spacial score (nSPS) is 22.4. The van der Waals surface area contributed by atoms with Gasteiger partial charge in [-0.3, -0.25) is 9.80 Å². The van der Waals surface area contributed by atoms with Crippen LogP contribution in [0, 0.1) is 0 Å². The molecule has 0 spiro atoms. The third kappa shape index (κ3) is 4.03. The van der Waals surface area contributed by atoms with E-state index in [1.54, 1.807) is 0 Å². The van der Waals surface area contributed by atoms with Crippen molar-refractivity contribution in [2.24, 2.45) is 0 Å². The van der Waals surface area contributed by atoms with Crippen LogP contribution in [0.25, 0.3) is 0 Å². The average Bonchev–Trinajstić information content (AvgIpc) is 2.48. The van der Waals surface area contributed by atoms with E-state index >= 15 is 0 Å². The number of hydrogen-bond donors (Lipinski definition) is 2. The molecule has 1 saturated heterocycles. The van der Waals surface area contributed by atoms with Crippen LogP contribution in [0.1, 0.15) is 25.5 Å². The van der Waals surface area contributed by atoms with Gasteiger partial charge in [0, 0.05) is 38.8 Å². The zero-order valence-electron chi connectivity index (χ0n) is 12.4. The zero-order chi connectivity index (χ0) is 14.5. The fraction of sp³-hybridized carbons (Fsp3) is 0.625. The maximum Gasteiger partial charge on any atom is 0.0916 e. The highest BCUT2D eigenvalue weighted by Gasteiger charge is 2.24. The Hall–Kier alpha value is -0.940. The molecule has 1 aliphatic heterocycles. The summed E-state index contributed by atoms with van der Waals surface area (Å²) in [7, 11) is 0. The summed E-state index contributed by atoms with van der Waals surface area (Å²) in [5, 5.41) is 19.9. The van der Waals surface area contributed by atoms with E-state index in [0.717, 1.165) is 31.7 Å². The van der Waals surface area contributed by atoms with Crippen LogP contribution in [0.4, 0.5) is 0 Å². The first-order chi connectivity index (χ1) is 9.58. The Morgan fingerprint density at radius 3 is 2.15 bits per heavy atom. The van der Waals surface area contributed by atoms with Crippen LogP contribution in [0.3, 0.4) is 0 Å². The highest BCUT2D eigenvalue weighted by Crippen LogP contribution is 2.16. The molecule has 4 nitrogen and oxygen atoms in total. The molecule has 0 bridgehead atoms. The van der Waals surface area contributed by atoms with Gasteiger partial charge in [0.05, 0.1) is 12.2 Å². The number of aliphatic hydroxyl groups excluding tert-OH is 2. The largest absolute Gasteiger partial charge is 0.392 e. The minimum atomic E-state index is -0.420. The number of β-amino-alcohol motifs (C(OH)–C–C–N with tert-alkyl or cyclic N) is 1. The number of nitrogens with zero attached hydrogens (tertiary/aromatic N) is 2. The van der Waals surface area contributed by atoms with Gasteiger partial charge in [0.25, 0.3) is 0 Å². The molecule has 112 valence electrons. The van der Waals surface area contributed by atoms with Crippen molar-refractivity contribution in [3.8, 4) is 0 Å². The lowest BCUT2D eigenvalue weighted by molar-refractivity contribution is 0.0212. The van der Waals surface area contributed by atoms with E-state index in [0.29, 0.717) is 6.54 Å². The monoisotopic (exact) mass is 278 g/mol. The van der Waals surface area contributed by atoms with Crippen molar-refractivity contribution in [1.29, 1.82) is 0 Å². The summed E-state index contributed by atoms with van der Waals surface area (Å²) >= 11 is 0. The van der Waals surface area contributed by atoms with Gasteiger partial charge in [0.1, 0.15) is 0 Å². The first-order valence-corrected chi connectivity index (χ1v) is 7.45. The van der Waals surface area contributed by atoms with Gasteiger partial charge in [-0.05, 0) is 19.4 Å². The van der Waals surface area contributed by atoms with E-state index in [1.807, 2.05) is 37.3 Å². The van der Waals surface area contributed by atoms with Gasteiger partial charge in [-0.1, -0.05) is 30.3 Å². The molecule has 0 saturated carbocycles. The Labute approximate surface area is 121 Å². The van der Waals surface area contributed by atoms with E-state index in [2.05, 4.69) is 16.7 Å². The zero-order valence-corrected chi connectivity index (χ0v) is 12.4. The minimum Gasteiger partial charge on any atom is -0.392 e. The minimum absolute atomic E-state index is 0.205. The lowest BCUT2D eigenvalue weighted by Crippen LogP contribution is -2.52. The third-order valence-electron chi connectivity index (χ3n) is 4.30. The number of aliphatic hydroxyl groups is 2. The Morgan fingerprint density at radius 2 is 1.60 bits per heavy atom. The molecule has 0 amide bonds. The summed E-state index contributed by atoms with van der Waals surface area (Å²) in [4.78, 5) is 4.61. The van der Waals surface area contributed by atoms with Crippen LogP contribution in [-0.4, -0.2) is 64.9 Å². The standard InChI is InChI=1S/C16H26N2O2/c1-13(14(2)19)18-10-8-17(9-11-18)12-16(20)15-6-4-3-5-7-15/h3-7,13-14,16,19-20H,8-12H2,1-2H3/t13-,14+,16+/m1/s1. The number of piperazine rings is 1. The molecule has 1 fully saturated rings. The Bertz CT molecular complexity index is 389. The van der Waals surface area contributed by atoms with Crippen molar-refractivity contribution in [1.82, 2.24) is 9.80 Å². The second-order valence-electron chi connectivity index (χ2n) is 5.74. The first-order valence-electron chi connectivity index (χ1n) is 7.45. The molecule has 2 N–H and O–H groups in total. The van der Waals surface area contributed by atoms with Crippen molar-refractivity contribution in [3.63, 3.8) is 0 Å². The maximum absolute atomic E-state index is 10.2. The predicted octanol–water partition coefficient (Wildman–Crippen LogP) is 1.11. The molecule has 1 aliphatic rings. The Balaban J connectivity index is 1.80. The molecule has 1 aromatic carbocycles. The molecule has 4 heteroatoms. The first kappa shape index (κ1) is 15.4. The summed E-state index contributed by atoms with van der Waals surface area (Å²) in [6.45, 7) is 8.39. The second kappa shape index (κ2) is 7.18. The number of rotatable bonds is 5. The van der Waals surface area contributed by atoms with Gasteiger partial charge in [-0.2, -0.15) is 0 Å². The number of hydrogen-bond acceptors (Lipinski definition) is 4. The molecule has 1 aromatic rings. The van der Waals surface area contributed by atoms with E-state index < -0.39 is 6.10 Å². The predicted molar refractivity (Wildman–Crippen MR) is 80.6 cm³/mol. The molecule has 0 aromatic heterocycles. The van der Waals surface area contributed by atoms with E-state index in [1.165, 1.54) is 0 Å². The molecule has 1 heterocycles. The highest BCUT2D eigenvalue weighted by atomic mass is 16.3. The van der Waals surface area contributed by atoms with Crippen molar-refractivity contribution in [2.45, 2.75) is 32.1 Å². The topological polar surface area (TPSA) is 46.9 Å². The van der Waals surface area contributed by atoms with E-state index in [9.17, 15) is 10.2 Å². The molecule has 20 heavy (non-hydrogen) atoms. The summed E-state index contributed by atoms with van der Waals surface area (Å²) in [6, 6.07) is 10.0. The van der Waals surface area contributed by atoms with Gasteiger partial charge in [0.2, 0.25) is 0 Å². The summed E-state index contributed by atoms with van der Waals surface area (Å²) < 4.78 is 0. The van der Waals surface area contributed by atoms with Gasteiger partial charge in [-0.25, -0.2) is 0 Å². The number of benzene rings is 1. The average molecular weight is 278 g/mol. The van der Waals surface area contributed by atoms with E-state index in [4.69, 9.17) is 0 Å². The maximum atomic E-state index is 10.2. The van der Waals surface area contributed by atoms with Crippen LogP contribution in [0.2, 0.25) is 0 Å². The van der Waals surface area contributed by atoms with Gasteiger partial charge >= 0.3 is 0 Å². The van der Waals surface area contributed by atoms with E-state index in [-0.39, 0.29) is 12.1 Å². The van der Waals surface area contributed by atoms with Crippen molar-refractivity contribution in [3.05, 3.63) is 35.9 Å². The van der Waals surface area contributed by atoms with Crippen LogP contribution in [-0.2, 0) is 0 Å². The van der Waals surface area contributed by atoms with Gasteiger partial charge in [-0.15, -0.1) is 0 Å². The molecule has 0 unspecified atom stereocenters. The van der Waals surface area contributed by atoms with Crippen molar-refractivity contribution >= 4 is 0 Å².